The second-order valence-electron chi connectivity index (χ2n) is 4.85. The number of nitrogens with two attached hydrogens (primary N) is 1. The van der Waals surface area contributed by atoms with Crippen molar-refractivity contribution in [3.05, 3.63) is 58.1 Å². The molecule has 0 aliphatic carbocycles. The van der Waals surface area contributed by atoms with Gasteiger partial charge in [0, 0.05) is 20.3 Å². The fraction of sp³-hybridized carbons (Fsp3) is 0.250. The predicted octanol–water partition coefficient (Wildman–Crippen LogP) is 4.80. The minimum atomic E-state index is 0.187. The molecule has 0 aliphatic rings. The van der Waals surface area contributed by atoms with Crippen molar-refractivity contribution >= 4 is 27.7 Å². The summed E-state index contributed by atoms with van der Waals surface area (Å²) in [6, 6.07) is 15.3. The molecule has 19 heavy (non-hydrogen) atoms. The molecule has 0 radical (unpaired) electrons. The smallest absolute Gasteiger partial charge is 0.0219 e. The van der Waals surface area contributed by atoms with Crippen molar-refractivity contribution in [2.75, 3.05) is 0 Å². The summed E-state index contributed by atoms with van der Waals surface area (Å²) in [6.07, 6.45) is 0.899. The van der Waals surface area contributed by atoms with Crippen molar-refractivity contribution in [3.63, 3.8) is 0 Å². The number of halogens is 1. The number of hydrogen-bond acceptors (Lipinski definition) is 2. The second kappa shape index (κ2) is 6.60. The Morgan fingerprint density at radius 2 is 1.74 bits per heavy atom. The SMILES string of the molecule is Cc1ccc(Sc2ccc(CC(C)N)c(Br)c2)cc1. The fourth-order valence-electron chi connectivity index (χ4n) is 1.85. The molecule has 2 N–H and O–H groups in total. The molecule has 2 rings (SSSR count). The van der Waals surface area contributed by atoms with Crippen molar-refractivity contribution in [2.24, 2.45) is 5.73 Å². The van der Waals surface area contributed by atoms with Gasteiger partial charge in [-0.15, -0.1) is 0 Å². The van der Waals surface area contributed by atoms with Gasteiger partial charge in [-0.3, -0.25) is 0 Å². The topological polar surface area (TPSA) is 26.0 Å². The van der Waals surface area contributed by atoms with Crippen LogP contribution in [-0.2, 0) is 6.42 Å². The average Bonchev–Trinajstić information content (AvgIpc) is 2.35. The molecule has 0 fully saturated rings. The third kappa shape index (κ3) is 4.37. The number of rotatable bonds is 4. The Labute approximate surface area is 127 Å². The Kier molecular flexibility index (Phi) is 5.08. The first kappa shape index (κ1) is 14.6. The first-order valence-electron chi connectivity index (χ1n) is 6.33. The van der Waals surface area contributed by atoms with Crippen LogP contribution in [0, 0.1) is 6.92 Å². The minimum Gasteiger partial charge on any atom is -0.328 e. The summed E-state index contributed by atoms with van der Waals surface area (Å²) < 4.78 is 1.14. The number of hydrogen-bond donors (Lipinski definition) is 1. The molecule has 0 bridgehead atoms. The normalized spacial score (nSPS) is 12.4. The maximum absolute atomic E-state index is 5.84. The lowest BCUT2D eigenvalue weighted by atomic mass is 10.1. The molecule has 0 spiro atoms. The van der Waals surface area contributed by atoms with Crippen LogP contribution >= 0.6 is 27.7 Å². The molecule has 0 saturated carbocycles. The van der Waals surface area contributed by atoms with Gasteiger partial charge >= 0.3 is 0 Å². The van der Waals surface area contributed by atoms with E-state index in [-0.39, 0.29) is 6.04 Å². The third-order valence-corrected chi connectivity index (χ3v) is 4.56. The van der Waals surface area contributed by atoms with Crippen molar-refractivity contribution in [1.82, 2.24) is 0 Å². The summed E-state index contributed by atoms with van der Waals surface area (Å²) >= 11 is 5.41. The van der Waals surface area contributed by atoms with Gasteiger partial charge < -0.3 is 5.73 Å². The molecule has 2 aromatic rings. The summed E-state index contributed by atoms with van der Waals surface area (Å²) in [5.74, 6) is 0. The Balaban J connectivity index is 2.13. The van der Waals surface area contributed by atoms with Gasteiger partial charge in [-0.05, 0) is 50.1 Å². The van der Waals surface area contributed by atoms with Gasteiger partial charge in [0.2, 0.25) is 0 Å². The quantitative estimate of drug-likeness (QED) is 0.868. The van der Waals surface area contributed by atoms with Crippen LogP contribution in [-0.4, -0.2) is 6.04 Å². The summed E-state index contributed by atoms with van der Waals surface area (Å²) in [5, 5.41) is 0. The molecule has 1 atom stereocenters. The van der Waals surface area contributed by atoms with Crippen molar-refractivity contribution in [3.8, 4) is 0 Å². The predicted molar refractivity (Wildman–Crippen MR) is 86.8 cm³/mol. The Hall–Kier alpha value is -0.770. The summed E-state index contributed by atoms with van der Waals surface area (Å²) in [6.45, 7) is 4.13. The second-order valence-corrected chi connectivity index (χ2v) is 6.85. The molecule has 0 amide bonds. The molecule has 2 aromatic carbocycles. The Morgan fingerprint density at radius 3 is 2.32 bits per heavy atom. The van der Waals surface area contributed by atoms with Crippen molar-refractivity contribution in [1.29, 1.82) is 0 Å². The molecule has 100 valence electrons. The molecule has 0 aliphatic heterocycles. The first-order valence-corrected chi connectivity index (χ1v) is 7.94. The van der Waals surface area contributed by atoms with Crippen molar-refractivity contribution in [2.45, 2.75) is 36.1 Å². The standard InChI is InChI=1S/C16H18BrNS/c1-11-3-6-14(7-4-11)19-15-8-5-13(9-12(2)18)16(17)10-15/h3-8,10,12H,9,18H2,1-2H3. The van der Waals surface area contributed by atoms with Crippen LogP contribution < -0.4 is 5.73 Å². The van der Waals surface area contributed by atoms with E-state index in [1.807, 2.05) is 6.92 Å². The average molecular weight is 336 g/mol. The lowest BCUT2D eigenvalue weighted by Gasteiger charge is -2.09. The van der Waals surface area contributed by atoms with E-state index < -0.39 is 0 Å². The highest BCUT2D eigenvalue weighted by atomic mass is 79.9. The van der Waals surface area contributed by atoms with E-state index in [0.717, 1.165) is 10.9 Å². The lowest BCUT2D eigenvalue weighted by molar-refractivity contribution is 0.735. The minimum absolute atomic E-state index is 0.187. The van der Waals surface area contributed by atoms with E-state index in [1.54, 1.807) is 11.8 Å². The van der Waals surface area contributed by atoms with E-state index in [4.69, 9.17) is 5.73 Å². The van der Waals surface area contributed by atoms with E-state index in [1.165, 1.54) is 20.9 Å². The summed E-state index contributed by atoms with van der Waals surface area (Å²) in [4.78, 5) is 2.50. The zero-order valence-electron chi connectivity index (χ0n) is 11.2. The molecule has 1 nitrogen and oxygen atoms in total. The van der Waals surface area contributed by atoms with Crippen LogP contribution in [0.25, 0.3) is 0 Å². The highest BCUT2D eigenvalue weighted by Crippen LogP contribution is 2.31. The monoisotopic (exact) mass is 335 g/mol. The molecule has 0 heterocycles. The summed E-state index contributed by atoms with van der Waals surface area (Å²) in [5.41, 5.74) is 8.40. The molecule has 0 aromatic heterocycles. The summed E-state index contributed by atoms with van der Waals surface area (Å²) in [7, 11) is 0. The van der Waals surface area contributed by atoms with Crippen LogP contribution in [0.5, 0.6) is 0 Å². The van der Waals surface area contributed by atoms with Crippen LogP contribution in [0.2, 0.25) is 0 Å². The third-order valence-electron chi connectivity index (χ3n) is 2.82. The van der Waals surface area contributed by atoms with E-state index in [9.17, 15) is 0 Å². The van der Waals surface area contributed by atoms with Gasteiger partial charge in [0.05, 0.1) is 0 Å². The van der Waals surface area contributed by atoms with Gasteiger partial charge in [0.25, 0.3) is 0 Å². The van der Waals surface area contributed by atoms with Gasteiger partial charge in [-0.1, -0.05) is 51.5 Å². The molecule has 0 saturated heterocycles. The molecule has 3 heteroatoms. The lowest BCUT2D eigenvalue weighted by Crippen LogP contribution is -2.17. The van der Waals surface area contributed by atoms with Gasteiger partial charge in [0.1, 0.15) is 0 Å². The largest absolute Gasteiger partial charge is 0.328 e. The van der Waals surface area contributed by atoms with E-state index in [2.05, 4.69) is 65.3 Å². The highest BCUT2D eigenvalue weighted by molar-refractivity contribution is 9.10. The molecular formula is C16H18BrNS. The number of aryl methyl sites for hydroxylation is 1. The fourth-order valence-corrected chi connectivity index (χ4v) is 3.40. The van der Waals surface area contributed by atoms with E-state index in [0.29, 0.717) is 0 Å². The maximum Gasteiger partial charge on any atom is 0.0219 e. The van der Waals surface area contributed by atoms with Crippen molar-refractivity contribution < 1.29 is 0 Å². The molecular weight excluding hydrogens is 318 g/mol. The number of benzene rings is 2. The zero-order valence-corrected chi connectivity index (χ0v) is 13.6. The van der Waals surface area contributed by atoms with Crippen LogP contribution in [0.1, 0.15) is 18.1 Å². The maximum atomic E-state index is 5.84. The zero-order chi connectivity index (χ0) is 13.8. The van der Waals surface area contributed by atoms with Gasteiger partial charge in [-0.25, -0.2) is 0 Å². The van der Waals surface area contributed by atoms with Crippen LogP contribution in [0.4, 0.5) is 0 Å². The van der Waals surface area contributed by atoms with Gasteiger partial charge in [-0.2, -0.15) is 0 Å². The Bertz CT molecular complexity index is 549. The van der Waals surface area contributed by atoms with Crippen LogP contribution in [0.15, 0.2) is 56.7 Å². The van der Waals surface area contributed by atoms with E-state index >= 15 is 0 Å². The van der Waals surface area contributed by atoms with Crippen LogP contribution in [0.3, 0.4) is 0 Å². The van der Waals surface area contributed by atoms with Gasteiger partial charge in [0.15, 0.2) is 0 Å². The first-order chi connectivity index (χ1) is 9.04. The Morgan fingerprint density at radius 1 is 1.11 bits per heavy atom. The molecule has 1 unspecified atom stereocenters. The highest BCUT2D eigenvalue weighted by Gasteiger charge is 2.05.